The third kappa shape index (κ3) is 4.51. The van der Waals surface area contributed by atoms with E-state index in [1.54, 1.807) is 6.20 Å². The van der Waals surface area contributed by atoms with Crippen LogP contribution in [-0.4, -0.2) is 39.5 Å². The SMILES string of the molecule is OCC1(CCc2ccccc2)CCCN(Cc2ccc(-n3cccn3)cc2)C1. The van der Waals surface area contributed by atoms with Crippen molar-refractivity contribution in [3.63, 3.8) is 0 Å². The molecule has 4 nitrogen and oxygen atoms in total. The molecule has 1 saturated heterocycles. The van der Waals surface area contributed by atoms with E-state index in [4.69, 9.17) is 0 Å². The molecule has 1 fully saturated rings. The Balaban J connectivity index is 1.38. The fraction of sp³-hybridized carbons (Fsp3) is 0.375. The molecule has 0 saturated carbocycles. The van der Waals surface area contributed by atoms with Crippen molar-refractivity contribution in [2.45, 2.75) is 32.2 Å². The molecule has 0 bridgehead atoms. The van der Waals surface area contributed by atoms with Crippen LogP contribution >= 0.6 is 0 Å². The molecule has 28 heavy (non-hydrogen) atoms. The van der Waals surface area contributed by atoms with Crippen LogP contribution in [0.15, 0.2) is 73.1 Å². The van der Waals surface area contributed by atoms with Gasteiger partial charge >= 0.3 is 0 Å². The van der Waals surface area contributed by atoms with E-state index in [0.29, 0.717) is 0 Å². The molecule has 4 heteroatoms. The first-order valence-electron chi connectivity index (χ1n) is 10.2. The quantitative estimate of drug-likeness (QED) is 0.676. The number of hydrogen-bond donors (Lipinski definition) is 1. The van der Waals surface area contributed by atoms with Crippen LogP contribution in [0.4, 0.5) is 0 Å². The first-order valence-corrected chi connectivity index (χ1v) is 10.2. The fourth-order valence-corrected chi connectivity index (χ4v) is 4.35. The van der Waals surface area contributed by atoms with Gasteiger partial charge in [-0.25, -0.2) is 4.68 Å². The van der Waals surface area contributed by atoms with Crippen LogP contribution in [0.25, 0.3) is 5.69 Å². The zero-order valence-electron chi connectivity index (χ0n) is 16.4. The van der Waals surface area contributed by atoms with Crippen molar-refractivity contribution in [3.05, 3.63) is 84.2 Å². The van der Waals surface area contributed by atoms with E-state index in [1.807, 2.05) is 16.9 Å². The van der Waals surface area contributed by atoms with Gasteiger partial charge in [-0.2, -0.15) is 5.10 Å². The summed E-state index contributed by atoms with van der Waals surface area (Å²) in [5, 5.41) is 14.5. The van der Waals surface area contributed by atoms with Gasteiger partial charge < -0.3 is 5.11 Å². The number of benzene rings is 2. The number of nitrogens with zero attached hydrogens (tertiary/aromatic N) is 3. The van der Waals surface area contributed by atoms with Crippen LogP contribution in [0.5, 0.6) is 0 Å². The molecule has 1 aliphatic heterocycles. The molecule has 0 radical (unpaired) electrons. The lowest BCUT2D eigenvalue weighted by Crippen LogP contribution is -2.45. The molecule has 1 unspecified atom stereocenters. The summed E-state index contributed by atoms with van der Waals surface area (Å²) in [5.74, 6) is 0. The molecule has 4 rings (SSSR count). The molecule has 1 N–H and O–H groups in total. The van der Waals surface area contributed by atoms with Crippen molar-refractivity contribution in [2.75, 3.05) is 19.7 Å². The molecule has 0 amide bonds. The van der Waals surface area contributed by atoms with Gasteiger partial charge in [0.15, 0.2) is 0 Å². The number of aromatic nitrogens is 2. The standard InChI is InChI=1S/C24H29N3O/c28-20-24(14-12-21-6-2-1-3-7-21)13-4-16-26(19-24)18-22-8-10-23(11-9-22)27-17-5-15-25-27/h1-3,5-11,15,17,28H,4,12-14,16,18-20H2. The summed E-state index contributed by atoms with van der Waals surface area (Å²) in [6.07, 6.45) is 8.11. The van der Waals surface area contributed by atoms with Gasteiger partial charge in [-0.1, -0.05) is 42.5 Å². The van der Waals surface area contributed by atoms with Crippen LogP contribution in [-0.2, 0) is 13.0 Å². The zero-order valence-corrected chi connectivity index (χ0v) is 16.4. The number of aryl methyl sites for hydroxylation is 1. The second-order valence-electron chi connectivity index (χ2n) is 8.08. The zero-order chi connectivity index (χ0) is 19.2. The number of aliphatic hydroxyl groups is 1. The molecule has 1 aliphatic rings. The van der Waals surface area contributed by atoms with Gasteiger partial charge in [0.25, 0.3) is 0 Å². The molecule has 1 aromatic heterocycles. The molecule has 2 aromatic carbocycles. The van der Waals surface area contributed by atoms with Crippen LogP contribution in [0.1, 0.15) is 30.4 Å². The van der Waals surface area contributed by atoms with E-state index in [-0.39, 0.29) is 12.0 Å². The molecule has 2 heterocycles. The van der Waals surface area contributed by atoms with Gasteiger partial charge in [-0.3, -0.25) is 4.90 Å². The monoisotopic (exact) mass is 375 g/mol. The maximum atomic E-state index is 10.2. The van der Waals surface area contributed by atoms with Crippen LogP contribution in [0, 0.1) is 5.41 Å². The van der Waals surface area contributed by atoms with Crippen molar-refractivity contribution < 1.29 is 5.11 Å². The highest BCUT2D eigenvalue weighted by Crippen LogP contribution is 2.35. The Morgan fingerprint density at radius 1 is 0.964 bits per heavy atom. The predicted octanol–water partition coefficient (Wildman–Crippen LogP) is 4.08. The van der Waals surface area contributed by atoms with Gasteiger partial charge in [-0.05, 0) is 61.6 Å². The normalized spacial score (nSPS) is 20.3. The molecule has 3 aromatic rings. The number of rotatable bonds is 7. The summed E-state index contributed by atoms with van der Waals surface area (Å²) in [4.78, 5) is 2.51. The Kier molecular flexibility index (Phi) is 5.89. The number of aliphatic hydroxyl groups excluding tert-OH is 1. The minimum absolute atomic E-state index is 0.0170. The largest absolute Gasteiger partial charge is 0.396 e. The highest BCUT2D eigenvalue weighted by atomic mass is 16.3. The first-order chi connectivity index (χ1) is 13.8. The van der Waals surface area contributed by atoms with E-state index in [2.05, 4.69) is 64.6 Å². The molecule has 0 spiro atoms. The maximum absolute atomic E-state index is 10.2. The van der Waals surface area contributed by atoms with E-state index in [9.17, 15) is 5.11 Å². The lowest BCUT2D eigenvalue weighted by Gasteiger charge is -2.42. The third-order valence-electron chi connectivity index (χ3n) is 5.97. The number of piperidine rings is 1. The number of likely N-dealkylation sites (tertiary alicyclic amines) is 1. The molecule has 1 atom stereocenters. The summed E-state index contributed by atoms with van der Waals surface area (Å²) in [6.45, 7) is 3.28. The van der Waals surface area contributed by atoms with E-state index in [1.165, 1.54) is 11.1 Å². The highest BCUT2D eigenvalue weighted by Gasteiger charge is 2.34. The van der Waals surface area contributed by atoms with Crippen LogP contribution in [0.3, 0.4) is 0 Å². The topological polar surface area (TPSA) is 41.3 Å². The van der Waals surface area contributed by atoms with Crippen molar-refractivity contribution in [3.8, 4) is 5.69 Å². The Hall–Kier alpha value is -2.43. The third-order valence-corrected chi connectivity index (χ3v) is 5.97. The van der Waals surface area contributed by atoms with Crippen molar-refractivity contribution in [1.29, 1.82) is 0 Å². The minimum Gasteiger partial charge on any atom is -0.396 e. The van der Waals surface area contributed by atoms with Gasteiger partial charge in [0, 0.05) is 37.5 Å². The Morgan fingerprint density at radius 2 is 1.79 bits per heavy atom. The molecule has 0 aliphatic carbocycles. The Labute approximate surface area is 167 Å². The van der Waals surface area contributed by atoms with Gasteiger partial charge in [0.2, 0.25) is 0 Å². The van der Waals surface area contributed by atoms with Gasteiger partial charge in [-0.15, -0.1) is 0 Å². The first kappa shape index (κ1) is 18.9. The minimum atomic E-state index is 0.0170. The summed E-state index contributed by atoms with van der Waals surface area (Å²) in [5.41, 5.74) is 3.78. The van der Waals surface area contributed by atoms with Crippen molar-refractivity contribution in [1.82, 2.24) is 14.7 Å². The van der Waals surface area contributed by atoms with Gasteiger partial charge in [0.05, 0.1) is 5.69 Å². The second-order valence-corrected chi connectivity index (χ2v) is 8.08. The average Bonchev–Trinajstić information content (AvgIpc) is 3.29. The lowest BCUT2D eigenvalue weighted by molar-refractivity contribution is 0.0224. The molecular formula is C24H29N3O. The smallest absolute Gasteiger partial charge is 0.0645 e. The predicted molar refractivity (Wildman–Crippen MR) is 112 cm³/mol. The van der Waals surface area contributed by atoms with Crippen molar-refractivity contribution in [2.24, 2.45) is 5.41 Å². The van der Waals surface area contributed by atoms with E-state index < -0.39 is 0 Å². The summed E-state index contributed by atoms with van der Waals surface area (Å²) in [6, 6.07) is 21.2. The average molecular weight is 376 g/mol. The van der Waals surface area contributed by atoms with Gasteiger partial charge in [0.1, 0.15) is 0 Å². The second kappa shape index (κ2) is 8.72. The number of hydrogen-bond acceptors (Lipinski definition) is 3. The van der Waals surface area contributed by atoms with E-state index >= 15 is 0 Å². The summed E-state index contributed by atoms with van der Waals surface area (Å²) in [7, 11) is 0. The highest BCUT2D eigenvalue weighted by molar-refractivity contribution is 5.33. The summed E-state index contributed by atoms with van der Waals surface area (Å²) >= 11 is 0. The van der Waals surface area contributed by atoms with Crippen LogP contribution in [0.2, 0.25) is 0 Å². The molecular weight excluding hydrogens is 346 g/mol. The Morgan fingerprint density at radius 3 is 2.50 bits per heavy atom. The fourth-order valence-electron chi connectivity index (χ4n) is 4.35. The van der Waals surface area contributed by atoms with Crippen LogP contribution < -0.4 is 0 Å². The summed E-state index contributed by atoms with van der Waals surface area (Å²) < 4.78 is 1.88. The van der Waals surface area contributed by atoms with Crippen molar-refractivity contribution >= 4 is 0 Å². The van der Waals surface area contributed by atoms with E-state index in [0.717, 1.165) is 51.0 Å². The lowest BCUT2D eigenvalue weighted by atomic mass is 9.76. The molecule has 146 valence electrons. The maximum Gasteiger partial charge on any atom is 0.0645 e. The Bertz CT molecular complexity index is 845.